The first kappa shape index (κ1) is 36.2. The van der Waals surface area contributed by atoms with E-state index >= 15 is 0 Å². The zero-order valence-corrected chi connectivity index (χ0v) is 34.2. The van der Waals surface area contributed by atoms with Crippen molar-refractivity contribution < 1.29 is 0 Å². The Hall–Kier alpha value is -2.16. The Kier molecular flexibility index (Phi) is 10.6. The standard InChI is InChI=1S/C48H64S2/c1-8-14-21-46(22-15-9-2)39-29-35-34-20-27-49-45(34)48(25-18-12-5,26-19-13-6)41(35)30-36(39)37-31-42-38(32-40(37)46)44-43(28-33(7)50-44)47(42,23-16-10-3)24-17-11-4/h20,27-32H,8-19,21-26H2,1-7H3. The van der Waals surface area contributed by atoms with Crippen molar-refractivity contribution in [1.82, 2.24) is 0 Å². The van der Waals surface area contributed by atoms with E-state index in [4.69, 9.17) is 0 Å². The summed E-state index contributed by atoms with van der Waals surface area (Å²) in [5.41, 5.74) is 16.7. The molecule has 0 N–H and O–H groups in total. The first-order chi connectivity index (χ1) is 24.4. The van der Waals surface area contributed by atoms with E-state index in [0.29, 0.717) is 0 Å². The lowest BCUT2D eigenvalue weighted by Crippen LogP contribution is -2.27. The van der Waals surface area contributed by atoms with Crippen molar-refractivity contribution >= 4 is 22.7 Å². The third-order valence-corrected chi connectivity index (χ3v) is 15.6. The summed E-state index contributed by atoms with van der Waals surface area (Å²) < 4.78 is 0. The number of benzene rings is 2. The van der Waals surface area contributed by atoms with E-state index in [1.165, 1.54) is 120 Å². The number of hydrogen-bond donors (Lipinski definition) is 0. The second-order valence-electron chi connectivity index (χ2n) is 16.5. The molecule has 50 heavy (non-hydrogen) atoms. The van der Waals surface area contributed by atoms with Crippen LogP contribution in [0.4, 0.5) is 0 Å². The zero-order chi connectivity index (χ0) is 35.1. The number of fused-ring (bicyclic) bond motifs is 9. The number of hydrogen-bond acceptors (Lipinski definition) is 2. The molecule has 0 unspecified atom stereocenters. The molecule has 7 rings (SSSR count). The zero-order valence-electron chi connectivity index (χ0n) is 32.6. The van der Waals surface area contributed by atoms with Crippen LogP contribution >= 0.6 is 22.7 Å². The lowest BCUT2D eigenvalue weighted by Gasteiger charge is -2.35. The maximum Gasteiger partial charge on any atom is 0.0389 e. The van der Waals surface area contributed by atoms with Crippen molar-refractivity contribution in [3.05, 3.63) is 79.3 Å². The van der Waals surface area contributed by atoms with Crippen LogP contribution in [-0.4, -0.2) is 0 Å². The van der Waals surface area contributed by atoms with Crippen molar-refractivity contribution in [3.8, 4) is 32.7 Å². The molecule has 2 aromatic heterocycles. The average Bonchev–Trinajstić information content (AvgIpc) is 3.92. The van der Waals surface area contributed by atoms with E-state index in [1.54, 1.807) is 65.4 Å². The summed E-state index contributed by atoms with van der Waals surface area (Å²) in [6, 6.07) is 16.3. The van der Waals surface area contributed by atoms with E-state index in [1.807, 2.05) is 0 Å². The molecule has 3 aliphatic carbocycles. The van der Waals surface area contributed by atoms with Crippen molar-refractivity contribution in [3.63, 3.8) is 0 Å². The molecular formula is C48H64S2. The van der Waals surface area contributed by atoms with Crippen LogP contribution in [-0.2, 0) is 16.2 Å². The molecule has 3 aliphatic rings. The highest BCUT2D eigenvalue weighted by atomic mass is 32.1. The normalized spacial score (nSPS) is 16.6. The van der Waals surface area contributed by atoms with Crippen molar-refractivity contribution in [1.29, 1.82) is 0 Å². The van der Waals surface area contributed by atoms with Crippen molar-refractivity contribution in [2.75, 3.05) is 0 Å². The van der Waals surface area contributed by atoms with Gasteiger partial charge in [-0.05, 0) is 143 Å². The van der Waals surface area contributed by atoms with Gasteiger partial charge in [-0.2, -0.15) is 0 Å². The first-order valence-electron chi connectivity index (χ1n) is 21.0. The maximum absolute atomic E-state index is 2.81. The van der Waals surface area contributed by atoms with Gasteiger partial charge in [-0.25, -0.2) is 0 Å². The van der Waals surface area contributed by atoms with E-state index in [0.717, 1.165) is 0 Å². The molecule has 4 aromatic rings. The third-order valence-electron chi connectivity index (χ3n) is 13.4. The van der Waals surface area contributed by atoms with Crippen LogP contribution < -0.4 is 0 Å². The van der Waals surface area contributed by atoms with Crippen LogP contribution in [0.5, 0.6) is 0 Å². The van der Waals surface area contributed by atoms with E-state index in [9.17, 15) is 0 Å². The Labute approximate surface area is 313 Å². The summed E-state index contributed by atoms with van der Waals surface area (Å²) in [6.45, 7) is 16.7. The molecule has 0 radical (unpaired) electrons. The minimum Gasteiger partial charge on any atom is -0.147 e. The third kappa shape index (κ3) is 5.47. The Balaban J connectivity index is 1.53. The molecule has 268 valence electrons. The van der Waals surface area contributed by atoms with E-state index in [2.05, 4.69) is 113 Å². The van der Waals surface area contributed by atoms with Crippen LogP contribution in [0.1, 0.15) is 195 Å². The Morgan fingerprint density at radius 3 is 1.30 bits per heavy atom. The van der Waals surface area contributed by atoms with Crippen molar-refractivity contribution in [2.45, 2.75) is 180 Å². The molecule has 0 spiro atoms. The molecule has 0 fully saturated rings. The van der Waals surface area contributed by atoms with Gasteiger partial charge in [0.15, 0.2) is 0 Å². The highest BCUT2D eigenvalue weighted by Crippen LogP contribution is 2.65. The fraction of sp³-hybridized carbons (Fsp3) is 0.583. The minimum atomic E-state index is 0.0968. The summed E-state index contributed by atoms with van der Waals surface area (Å²) in [4.78, 5) is 4.77. The monoisotopic (exact) mass is 704 g/mol. The lowest BCUT2D eigenvalue weighted by atomic mass is 9.68. The van der Waals surface area contributed by atoms with Gasteiger partial charge >= 0.3 is 0 Å². The molecule has 0 nitrogen and oxygen atoms in total. The topological polar surface area (TPSA) is 0 Å². The molecule has 2 heterocycles. The largest absolute Gasteiger partial charge is 0.147 e. The highest BCUT2D eigenvalue weighted by Gasteiger charge is 2.51. The predicted molar refractivity (Wildman–Crippen MR) is 223 cm³/mol. The van der Waals surface area contributed by atoms with Gasteiger partial charge in [-0.3, -0.25) is 0 Å². The quantitative estimate of drug-likeness (QED) is 0.0967. The molecule has 2 heteroatoms. The molecule has 2 aromatic carbocycles. The molecule has 0 aliphatic heterocycles. The van der Waals surface area contributed by atoms with Gasteiger partial charge < -0.3 is 0 Å². The molecule has 0 atom stereocenters. The fourth-order valence-electron chi connectivity index (χ4n) is 10.8. The minimum absolute atomic E-state index is 0.0968. The average molecular weight is 705 g/mol. The van der Waals surface area contributed by atoms with Crippen LogP contribution in [0.2, 0.25) is 0 Å². The van der Waals surface area contributed by atoms with Gasteiger partial charge in [0.05, 0.1) is 0 Å². The Bertz CT molecular complexity index is 1790. The fourth-order valence-corrected chi connectivity index (χ4v) is 13.2. The van der Waals surface area contributed by atoms with Crippen LogP contribution in [0.3, 0.4) is 0 Å². The Morgan fingerprint density at radius 1 is 0.440 bits per heavy atom. The maximum atomic E-state index is 2.81. The predicted octanol–water partition coefficient (Wildman–Crippen LogP) is 16.1. The van der Waals surface area contributed by atoms with Crippen LogP contribution in [0, 0.1) is 6.92 Å². The molecule has 0 bridgehead atoms. The second kappa shape index (κ2) is 14.7. The lowest BCUT2D eigenvalue weighted by molar-refractivity contribution is 0.410. The number of aryl methyl sites for hydroxylation is 1. The van der Waals surface area contributed by atoms with Crippen LogP contribution in [0.15, 0.2) is 41.8 Å². The summed E-state index contributed by atoms with van der Waals surface area (Å²) in [6.07, 6.45) is 23.0. The molecule has 0 saturated carbocycles. The summed E-state index contributed by atoms with van der Waals surface area (Å²) in [5.74, 6) is 0. The molecular weight excluding hydrogens is 641 g/mol. The highest BCUT2D eigenvalue weighted by molar-refractivity contribution is 7.15. The van der Waals surface area contributed by atoms with E-state index < -0.39 is 0 Å². The van der Waals surface area contributed by atoms with Gasteiger partial charge in [-0.1, -0.05) is 119 Å². The van der Waals surface area contributed by atoms with Crippen molar-refractivity contribution in [2.24, 2.45) is 0 Å². The van der Waals surface area contributed by atoms with Gasteiger partial charge in [0, 0.05) is 30.9 Å². The van der Waals surface area contributed by atoms with Gasteiger partial charge in [-0.15, -0.1) is 22.7 Å². The number of thiophene rings is 2. The van der Waals surface area contributed by atoms with Gasteiger partial charge in [0.2, 0.25) is 0 Å². The summed E-state index contributed by atoms with van der Waals surface area (Å²) in [5, 5.41) is 2.40. The smallest absolute Gasteiger partial charge is 0.0389 e. The molecule has 0 amide bonds. The summed E-state index contributed by atoms with van der Waals surface area (Å²) >= 11 is 4.14. The first-order valence-corrected chi connectivity index (χ1v) is 22.7. The van der Waals surface area contributed by atoms with Gasteiger partial charge in [0.25, 0.3) is 0 Å². The number of rotatable bonds is 18. The van der Waals surface area contributed by atoms with Crippen LogP contribution in [0.25, 0.3) is 32.7 Å². The van der Waals surface area contributed by atoms with E-state index in [-0.39, 0.29) is 16.2 Å². The second-order valence-corrected chi connectivity index (χ2v) is 18.7. The van der Waals surface area contributed by atoms with Gasteiger partial charge in [0.1, 0.15) is 0 Å². The molecule has 0 saturated heterocycles. The SMILES string of the molecule is CCCCC1(CCCC)c2cc3c(cc2-c2cc4c(cc21)-c1ccsc1C4(CCCC)CCCC)C(CCCC)(CCCC)c1cc(C)sc1-3. The number of unbranched alkanes of at least 4 members (excludes halogenated alkanes) is 6. The summed E-state index contributed by atoms with van der Waals surface area (Å²) in [7, 11) is 0. The Morgan fingerprint density at radius 2 is 0.820 bits per heavy atom.